The molecule has 0 saturated carbocycles. The summed E-state index contributed by atoms with van der Waals surface area (Å²) in [4.78, 5) is 2.72. The Bertz CT molecular complexity index is 585. The molecule has 0 amide bonds. The molecule has 0 aliphatic carbocycles. The fourth-order valence-electron chi connectivity index (χ4n) is 1.95. The number of sulfonamides is 1. The van der Waals surface area contributed by atoms with E-state index in [1.807, 2.05) is 0 Å². The van der Waals surface area contributed by atoms with Crippen molar-refractivity contribution in [1.29, 1.82) is 0 Å². The number of nitrogens with zero attached hydrogens (tertiary/aromatic N) is 1. The third kappa shape index (κ3) is 3.57. The molecule has 0 aromatic heterocycles. The minimum Gasteiger partial charge on any atom is -0.392 e. The van der Waals surface area contributed by atoms with Crippen molar-refractivity contribution >= 4 is 26.0 Å². The van der Waals surface area contributed by atoms with Gasteiger partial charge in [0.1, 0.15) is 0 Å². The molecule has 1 aliphatic rings. The van der Waals surface area contributed by atoms with Crippen LogP contribution in [0.25, 0.3) is 0 Å². The molecule has 1 saturated heterocycles. The monoisotopic (exact) mass is 364 g/mol. The number of aliphatic hydroxyl groups is 1. The summed E-state index contributed by atoms with van der Waals surface area (Å²) >= 11 is 3.32. The molecule has 112 valence electrons. The second kappa shape index (κ2) is 6.50. The predicted octanol–water partition coefficient (Wildman–Crippen LogP) is 0.775. The van der Waals surface area contributed by atoms with Crippen molar-refractivity contribution in [3.05, 3.63) is 27.7 Å². The highest BCUT2D eigenvalue weighted by atomic mass is 79.9. The van der Waals surface area contributed by atoms with E-state index < -0.39 is 10.0 Å². The lowest BCUT2D eigenvalue weighted by molar-refractivity contribution is 0.0272. The van der Waals surface area contributed by atoms with Gasteiger partial charge in [0.25, 0.3) is 10.0 Å². The number of hydrogen-bond acceptors (Lipinski definition) is 5. The zero-order valence-electron chi connectivity index (χ0n) is 11.1. The Labute approximate surface area is 126 Å². The van der Waals surface area contributed by atoms with Crippen LogP contribution in [-0.4, -0.2) is 44.8 Å². The number of morpholine rings is 1. The molecule has 8 heteroatoms. The Morgan fingerprint density at radius 1 is 1.40 bits per heavy atom. The van der Waals surface area contributed by atoms with Crippen LogP contribution >= 0.6 is 15.9 Å². The average molecular weight is 365 g/mol. The van der Waals surface area contributed by atoms with Crippen molar-refractivity contribution in [3.63, 3.8) is 0 Å². The van der Waals surface area contributed by atoms with E-state index in [1.54, 1.807) is 18.0 Å². The summed E-state index contributed by atoms with van der Waals surface area (Å²) in [6.45, 7) is 3.54. The summed E-state index contributed by atoms with van der Waals surface area (Å²) in [5.41, 5.74) is 1.16. The predicted molar refractivity (Wildman–Crippen MR) is 77.5 cm³/mol. The molecule has 1 aliphatic heterocycles. The molecule has 1 aromatic carbocycles. The quantitative estimate of drug-likeness (QED) is 0.824. The minimum absolute atomic E-state index is 0.169. The van der Waals surface area contributed by atoms with Crippen LogP contribution in [0.15, 0.2) is 21.5 Å². The van der Waals surface area contributed by atoms with Crippen molar-refractivity contribution in [2.75, 3.05) is 26.3 Å². The van der Waals surface area contributed by atoms with Crippen LogP contribution in [0.1, 0.15) is 11.1 Å². The van der Waals surface area contributed by atoms with E-state index in [-0.39, 0.29) is 11.5 Å². The van der Waals surface area contributed by atoms with Crippen molar-refractivity contribution < 1.29 is 18.3 Å². The number of hydrazine groups is 1. The van der Waals surface area contributed by atoms with Gasteiger partial charge in [-0.15, -0.1) is 4.83 Å². The van der Waals surface area contributed by atoms with E-state index in [0.717, 1.165) is 0 Å². The van der Waals surface area contributed by atoms with Gasteiger partial charge in [-0.1, -0.05) is 15.9 Å². The van der Waals surface area contributed by atoms with Crippen LogP contribution in [0.2, 0.25) is 0 Å². The van der Waals surface area contributed by atoms with Crippen molar-refractivity contribution in [2.45, 2.75) is 18.4 Å². The van der Waals surface area contributed by atoms with E-state index in [0.29, 0.717) is 41.9 Å². The number of rotatable bonds is 4. The first-order valence-electron chi connectivity index (χ1n) is 6.19. The summed E-state index contributed by atoms with van der Waals surface area (Å²) in [6.07, 6.45) is 0. The number of hydrogen-bond donors (Lipinski definition) is 2. The smallest absolute Gasteiger partial charge is 0.253 e. The number of halogens is 1. The van der Waals surface area contributed by atoms with Crippen LogP contribution in [-0.2, 0) is 21.4 Å². The van der Waals surface area contributed by atoms with E-state index in [9.17, 15) is 13.5 Å². The van der Waals surface area contributed by atoms with Gasteiger partial charge in [-0.2, -0.15) is 0 Å². The lowest BCUT2D eigenvalue weighted by Crippen LogP contribution is -2.48. The maximum Gasteiger partial charge on any atom is 0.253 e. The van der Waals surface area contributed by atoms with Crippen LogP contribution in [0.3, 0.4) is 0 Å². The lowest BCUT2D eigenvalue weighted by Gasteiger charge is -2.27. The molecule has 1 aromatic rings. The van der Waals surface area contributed by atoms with Gasteiger partial charge in [-0.3, -0.25) is 0 Å². The summed E-state index contributed by atoms with van der Waals surface area (Å²) in [5, 5.41) is 10.8. The lowest BCUT2D eigenvalue weighted by atomic mass is 10.2. The molecule has 1 heterocycles. The molecule has 0 unspecified atom stereocenters. The number of nitrogens with one attached hydrogen (secondary N) is 1. The van der Waals surface area contributed by atoms with Gasteiger partial charge < -0.3 is 9.84 Å². The number of ether oxygens (including phenoxy) is 1. The Morgan fingerprint density at radius 3 is 2.65 bits per heavy atom. The third-order valence-corrected chi connectivity index (χ3v) is 5.41. The Kier molecular flexibility index (Phi) is 5.16. The molecular formula is C12H17BrN2O4S. The second-order valence-electron chi connectivity index (χ2n) is 4.55. The SMILES string of the molecule is Cc1c(Br)cc(CO)cc1S(=O)(=O)NN1CCOCC1. The molecule has 6 nitrogen and oxygen atoms in total. The summed E-state index contributed by atoms with van der Waals surface area (Å²) in [6, 6.07) is 3.20. The number of benzene rings is 1. The van der Waals surface area contributed by atoms with Crippen LogP contribution in [0, 0.1) is 6.92 Å². The maximum absolute atomic E-state index is 12.4. The van der Waals surface area contributed by atoms with E-state index >= 15 is 0 Å². The summed E-state index contributed by atoms with van der Waals surface area (Å²) < 4.78 is 30.7. The molecule has 1 fully saturated rings. The van der Waals surface area contributed by atoms with Gasteiger partial charge in [0.15, 0.2) is 0 Å². The minimum atomic E-state index is -3.67. The van der Waals surface area contributed by atoms with Crippen molar-refractivity contribution in [3.8, 4) is 0 Å². The zero-order valence-corrected chi connectivity index (χ0v) is 13.5. The highest BCUT2D eigenvalue weighted by Crippen LogP contribution is 2.26. The molecule has 0 spiro atoms. The van der Waals surface area contributed by atoms with Crippen LogP contribution in [0.4, 0.5) is 0 Å². The first-order valence-corrected chi connectivity index (χ1v) is 8.46. The van der Waals surface area contributed by atoms with Gasteiger partial charge in [0.2, 0.25) is 0 Å². The molecule has 0 bridgehead atoms. The topological polar surface area (TPSA) is 78.9 Å². The first kappa shape index (κ1) is 15.9. The van der Waals surface area contributed by atoms with E-state index in [4.69, 9.17) is 4.74 Å². The van der Waals surface area contributed by atoms with Crippen LogP contribution in [0.5, 0.6) is 0 Å². The Hall–Kier alpha value is -0.510. The molecule has 2 N–H and O–H groups in total. The Balaban J connectivity index is 2.30. The van der Waals surface area contributed by atoms with Crippen molar-refractivity contribution in [1.82, 2.24) is 9.84 Å². The van der Waals surface area contributed by atoms with Gasteiger partial charge in [-0.05, 0) is 30.2 Å². The normalized spacial score (nSPS) is 17.4. The molecule has 0 radical (unpaired) electrons. The third-order valence-electron chi connectivity index (χ3n) is 3.09. The average Bonchev–Trinajstić information content (AvgIpc) is 2.42. The largest absolute Gasteiger partial charge is 0.392 e. The van der Waals surface area contributed by atoms with Gasteiger partial charge in [0.05, 0.1) is 24.7 Å². The van der Waals surface area contributed by atoms with Gasteiger partial charge in [0, 0.05) is 17.6 Å². The Morgan fingerprint density at radius 2 is 2.05 bits per heavy atom. The second-order valence-corrected chi connectivity index (χ2v) is 7.04. The summed E-state index contributed by atoms with van der Waals surface area (Å²) in [7, 11) is -3.67. The zero-order chi connectivity index (χ0) is 14.8. The number of aliphatic hydroxyl groups excluding tert-OH is 1. The first-order chi connectivity index (χ1) is 9.44. The summed E-state index contributed by atoms with van der Waals surface area (Å²) in [5.74, 6) is 0. The maximum atomic E-state index is 12.4. The standard InChI is InChI=1S/C12H17BrN2O4S/c1-9-11(13)6-10(8-16)7-12(9)20(17,18)14-15-2-4-19-5-3-15/h6-7,14,16H,2-5,8H2,1H3. The molecule has 20 heavy (non-hydrogen) atoms. The molecule has 0 atom stereocenters. The van der Waals surface area contributed by atoms with Crippen molar-refractivity contribution in [2.24, 2.45) is 0 Å². The van der Waals surface area contributed by atoms with E-state index in [1.165, 1.54) is 6.07 Å². The highest BCUT2D eigenvalue weighted by Gasteiger charge is 2.23. The fourth-order valence-corrected chi connectivity index (χ4v) is 4.03. The van der Waals surface area contributed by atoms with Crippen LogP contribution < -0.4 is 4.83 Å². The highest BCUT2D eigenvalue weighted by molar-refractivity contribution is 9.10. The molecular weight excluding hydrogens is 348 g/mol. The van der Waals surface area contributed by atoms with E-state index in [2.05, 4.69) is 20.8 Å². The van der Waals surface area contributed by atoms with Gasteiger partial charge in [-0.25, -0.2) is 13.4 Å². The molecule has 2 rings (SSSR count). The fraction of sp³-hybridized carbons (Fsp3) is 0.500. The van der Waals surface area contributed by atoms with Gasteiger partial charge >= 0.3 is 0 Å².